The summed E-state index contributed by atoms with van der Waals surface area (Å²) in [4.78, 5) is 0. The van der Waals surface area contributed by atoms with Crippen LogP contribution in [-0.2, 0) is 0 Å². The van der Waals surface area contributed by atoms with Gasteiger partial charge >= 0.3 is 0 Å². The second-order valence-electron chi connectivity index (χ2n) is 3.43. The van der Waals surface area contributed by atoms with Crippen molar-refractivity contribution >= 4 is 0 Å². The summed E-state index contributed by atoms with van der Waals surface area (Å²) in [5, 5.41) is 0. The summed E-state index contributed by atoms with van der Waals surface area (Å²) in [6, 6.07) is 0. The van der Waals surface area contributed by atoms with E-state index >= 15 is 0 Å². The number of alkyl halides is 1. The van der Waals surface area contributed by atoms with Gasteiger partial charge in [0.25, 0.3) is 0 Å². The molecule has 1 atom stereocenters. The van der Waals surface area contributed by atoms with Crippen LogP contribution in [0.5, 0.6) is 0 Å². The minimum atomic E-state index is -1.14. The summed E-state index contributed by atoms with van der Waals surface area (Å²) in [5.74, 6) is 0. The number of unbranched alkanes of at least 4 members (excludes halogenated alkanes) is 2. The summed E-state index contributed by atoms with van der Waals surface area (Å²) >= 11 is 0. The van der Waals surface area contributed by atoms with Crippen LogP contribution in [0.15, 0.2) is 12.2 Å². The Labute approximate surface area is 69.5 Å². The molecule has 0 heterocycles. The largest absolute Gasteiger partial charge is 0.239 e. The summed E-state index contributed by atoms with van der Waals surface area (Å²) in [7, 11) is 0. The zero-order valence-electron chi connectivity index (χ0n) is 7.91. The lowest BCUT2D eigenvalue weighted by atomic mass is 9.94. The molecule has 0 fully saturated rings. The molecule has 0 aromatic carbocycles. The van der Waals surface area contributed by atoms with Crippen molar-refractivity contribution in [1.82, 2.24) is 0 Å². The highest BCUT2D eigenvalue weighted by Crippen LogP contribution is 2.26. The SMILES string of the molecule is C=C(C)C(C)(F)CCCCC. The quantitative estimate of drug-likeness (QED) is 0.421. The third-order valence-corrected chi connectivity index (χ3v) is 2.14. The predicted molar refractivity (Wildman–Crippen MR) is 48.5 cm³/mol. The first-order chi connectivity index (χ1) is 5.00. The maximum atomic E-state index is 13.4. The number of rotatable bonds is 5. The van der Waals surface area contributed by atoms with Gasteiger partial charge in [0.1, 0.15) is 5.67 Å². The monoisotopic (exact) mass is 158 g/mol. The molecule has 0 saturated carbocycles. The molecule has 0 aromatic heterocycles. The molecule has 0 aromatic rings. The average molecular weight is 158 g/mol. The van der Waals surface area contributed by atoms with Crippen LogP contribution in [0.4, 0.5) is 4.39 Å². The second-order valence-corrected chi connectivity index (χ2v) is 3.43. The van der Waals surface area contributed by atoms with E-state index in [1.165, 1.54) is 0 Å². The topological polar surface area (TPSA) is 0 Å². The molecule has 0 aliphatic carbocycles. The van der Waals surface area contributed by atoms with Crippen LogP contribution < -0.4 is 0 Å². The Kier molecular flexibility index (Phi) is 4.39. The molecule has 0 radical (unpaired) electrons. The Balaban J connectivity index is 3.64. The molecule has 0 nitrogen and oxygen atoms in total. The summed E-state index contributed by atoms with van der Waals surface area (Å²) < 4.78 is 13.4. The standard InChI is InChI=1S/C10H19F/c1-5-6-7-8-10(4,11)9(2)3/h2,5-8H2,1,3-4H3. The highest BCUT2D eigenvalue weighted by molar-refractivity contribution is 5.06. The second kappa shape index (κ2) is 4.53. The van der Waals surface area contributed by atoms with E-state index in [1.807, 2.05) is 0 Å². The van der Waals surface area contributed by atoms with Gasteiger partial charge in [-0.05, 0) is 32.3 Å². The van der Waals surface area contributed by atoms with Crippen molar-refractivity contribution in [1.29, 1.82) is 0 Å². The van der Waals surface area contributed by atoms with Gasteiger partial charge in [0, 0.05) is 0 Å². The van der Waals surface area contributed by atoms with Crippen LogP contribution in [0, 0.1) is 0 Å². The number of hydrogen-bond donors (Lipinski definition) is 0. The van der Waals surface area contributed by atoms with E-state index in [1.54, 1.807) is 13.8 Å². The Morgan fingerprint density at radius 3 is 2.36 bits per heavy atom. The lowest BCUT2D eigenvalue weighted by Crippen LogP contribution is -2.18. The first-order valence-electron chi connectivity index (χ1n) is 4.35. The lowest BCUT2D eigenvalue weighted by Gasteiger charge is -2.19. The molecule has 0 N–H and O–H groups in total. The van der Waals surface area contributed by atoms with Crippen LogP contribution >= 0.6 is 0 Å². The van der Waals surface area contributed by atoms with E-state index in [0.717, 1.165) is 19.3 Å². The van der Waals surface area contributed by atoms with Crippen LogP contribution in [0.1, 0.15) is 46.5 Å². The van der Waals surface area contributed by atoms with Crippen molar-refractivity contribution < 1.29 is 4.39 Å². The molecule has 0 bridgehead atoms. The number of allylic oxidation sites excluding steroid dienone is 1. The number of halogens is 1. The van der Waals surface area contributed by atoms with E-state index < -0.39 is 5.67 Å². The highest BCUT2D eigenvalue weighted by atomic mass is 19.1. The summed E-state index contributed by atoms with van der Waals surface area (Å²) in [6.07, 6.45) is 3.85. The average Bonchev–Trinajstić information content (AvgIpc) is 1.88. The van der Waals surface area contributed by atoms with Gasteiger partial charge in [0.15, 0.2) is 0 Å². The van der Waals surface area contributed by atoms with Gasteiger partial charge in [-0.3, -0.25) is 0 Å². The first kappa shape index (κ1) is 10.7. The van der Waals surface area contributed by atoms with Crippen LogP contribution in [0.25, 0.3) is 0 Å². The van der Waals surface area contributed by atoms with E-state index in [0.29, 0.717) is 12.0 Å². The highest BCUT2D eigenvalue weighted by Gasteiger charge is 2.22. The molecule has 1 unspecified atom stereocenters. The van der Waals surface area contributed by atoms with Gasteiger partial charge in [-0.25, -0.2) is 4.39 Å². The maximum Gasteiger partial charge on any atom is 0.128 e. The van der Waals surface area contributed by atoms with Gasteiger partial charge in [-0.15, -0.1) is 0 Å². The van der Waals surface area contributed by atoms with Gasteiger partial charge in [0.05, 0.1) is 0 Å². The molecule has 1 heteroatoms. The minimum absolute atomic E-state index is 0.621. The van der Waals surface area contributed by atoms with Gasteiger partial charge in [-0.2, -0.15) is 0 Å². The molecule has 0 amide bonds. The van der Waals surface area contributed by atoms with Crippen molar-refractivity contribution in [3.8, 4) is 0 Å². The van der Waals surface area contributed by atoms with Crippen molar-refractivity contribution in [3.63, 3.8) is 0 Å². The Morgan fingerprint density at radius 2 is 2.00 bits per heavy atom. The van der Waals surface area contributed by atoms with Crippen molar-refractivity contribution in [2.45, 2.75) is 52.1 Å². The van der Waals surface area contributed by atoms with E-state index in [2.05, 4.69) is 13.5 Å². The molecular formula is C10H19F. The predicted octanol–water partition coefficient (Wildman–Crippen LogP) is 3.87. The third-order valence-electron chi connectivity index (χ3n) is 2.14. The van der Waals surface area contributed by atoms with Crippen molar-refractivity contribution in [3.05, 3.63) is 12.2 Å². The normalized spacial score (nSPS) is 16.0. The van der Waals surface area contributed by atoms with E-state index in [-0.39, 0.29) is 0 Å². The van der Waals surface area contributed by atoms with Crippen LogP contribution in [0.2, 0.25) is 0 Å². The minimum Gasteiger partial charge on any atom is -0.239 e. The lowest BCUT2D eigenvalue weighted by molar-refractivity contribution is 0.217. The Hall–Kier alpha value is -0.330. The van der Waals surface area contributed by atoms with Crippen molar-refractivity contribution in [2.24, 2.45) is 0 Å². The fraction of sp³-hybridized carbons (Fsp3) is 0.800. The van der Waals surface area contributed by atoms with Gasteiger partial charge in [0.2, 0.25) is 0 Å². The third kappa shape index (κ3) is 4.18. The van der Waals surface area contributed by atoms with Crippen molar-refractivity contribution in [2.75, 3.05) is 0 Å². The molecular weight excluding hydrogens is 139 g/mol. The molecule has 0 aliphatic heterocycles. The number of hydrogen-bond acceptors (Lipinski definition) is 0. The van der Waals surface area contributed by atoms with E-state index in [4.69, 9.17) is 0 Å². The fourth-order valence-corrected chi connectivity index (χ4v) is 0.920. The summed E-state index contributed by atoms with van der Waals surface area (Å²) in [5.41, 5.74) is -0.497. The van der Waals surface area contributed by atoms with Crippen LogP contribution in [-0.4, -0.2) is 5.67 Å². The summed E-state index contributed by atoms with van der Waals surface area (Å²) in [6.45, 7) is 9.12. The smallest absolute Gasteiger partial charge is 0.128 e. The van der Waals surface area contributed by atoms with E-state index in [9.17, 15) is 4.39 Å². The Bertz CT molecular complexity index is 125. The van der Waals surface area contributed by atoms with Crippen LogP contribution in [0.3, 0.4) is 0 Å². The van der Waals surface area contributed by atoms with Gasteiger partial charge in [-0.1, -0.05) is 26.3 Å². The molecule has 0 aliphatic rings. The molecule has 11 heavy (non-hydrogen) atoms. The maximum absolute atomic E-state index is 13.4. The molecule has 0 saturated heterocycles. The zero-order valence-corrected chi connectivity index (χ0v) is 7.91. The zero-order chi connectivity index (χ0) is 8.91. The Morgan fingerprint density at radius 1 is 1.45 bits per heavy atom. The fourth-order valence-electron chi connectivity index (χ4n) is 0.920. The van der Waals surface area contributed by atoms with Gasteiger partial charge < -0.3 is 0 Å². The first-order valence-corrected chi connectivity index (χ1v) is 4.35. The molecule has 66 valence electrons. The molecule has 0 rings (SSSR count). The molecule has 0 spiro atoms.